The van der Waals surface area contributed by atoms with Crippen molar-refractivity contribution in [3.8, 4) is 0 Å². The predicted molar refractivity (Wildman–Crippen MR) is 91.0 cm³/mol. The number of ether oxygens (including phenoxy) is 1. The lowest BCUT2D eigenvalue weighted by Gasteiger charge is -2.09. The minimum atomic E-state index is -4.43. The van der Waals surface area contributed by atoms with Crippen LogP contribution in [0.2, 0.25) is 0 Å². The molecule has 26 heavy (non-hydrogen) atoms. The molecule has 3 aromatic rings. The number of aromatic nitrogens is 2. The lowest BCUT2D eigenvalue weighted by atomic mass is 10.1. The maximum absolute atomic E-state index is 12.6. The van der Waals surface area contributed by atoms with Crippen molar-refractivity contribution in [3.05, 3.63) is 59.8 Å². The van der Waals surface area contributed by atoms with Crippen molar-refractivity contribution in [2.45, 2.75) is 12.7 Å². The van der Waals surface area contributed by atoms with Crippen LogP contribution < -0.4 is 5.32 Å². The molecule has 0 radical (unpaired) electrons. The van der Waals surface area contributed by atoms with Gasteiger partial charge in [0.05, 0.1) is 30.4 Å². The summed E-state index contributed by atoms with van der Waals surface area (Å²) in [7, 11) is 1.60. The Bertz CT molecular complexity index is 918. The average molecular weight is 363 g/mol. The highest BCUT2D eigenvalue weighted by Crippen LogP contribution is 2.29. The lowest BCUT2D eigenvalue weighted by molar-refractivity contribution is -0.137. The Balaban J connectivity index is 1.78. The van der Waals surface area contributed by atoms with Crippen LogP contribution >= 0.6 is 0 Å². The molecule has 5 nitrogen and oxygen atoms in total. The van der Waals surface area contributed by atoms with Crippen LogP contribution in [0.15, 0.2) is 48.7 Å². The average Bonchev–Trinajstić information content (AvgIpc) is 3.01. The Labute approximate surface area is 147 Å². The number of hydrogen-bond donors (Lipinski definition) is 1. The number of hydrogen-bond acceptors (Lipinski definition) is 3. The Morgan fingerprint density at radius 3 is 2.58 bits per heavy atom. The van der Waals surface area contributed by atoms with Gasteiger partial charge in [-0.25, -0.2) is 0 Å². The molecule has 136 valence electrons. The predicted octanol–water partition coefficient (Wildman–Crippen LogP) is 3.95. The molecule has 0 atom stereocenters. The Hall–Kier alpha value is -2.87. The molecule has 0 saturated carbocycles. The normalized spacial score (nSPS) is 11.7. The van der Waals surface area contributed by atoms with Crippen LogP contribution in [0.1, 0.15) is 15.9 Å². The summed E-state index contributed by atoms with van der Waals surface area (Å²) in [5.74, 6) is -0.485. The molecular formula is C18H16F3N3O2. The standard InChI is InChI=1S/C18H16F3N3O2/c1-26-9-8-24-16-10-15(7-4-13(16)11-22-24)23-17(25)12-2-5-14(6-3-12)18(19,20)21/h2-7,10-11H,8-9H2,1H3,(H,23,25). The SMILES string of the molecule is COCCn1ncc2ccc(NC(=O)c3ccc(C(F)(F)F)cc3)cc21. The summed E-state index contributed by atoms with van der Waals surface area (Å²) in [6.07, 6.45) is -2.72. The van der Waals surface area contributed by atoms with Crippen molar-refractivity contribution in [2.75, 3.05) is 19.0 Å². The van der Waals surface area contributed by atoms with Crippen molar-refractivity contribution in [1.29, 1.82) is 0 Å². The second-order valence-electron chi connectivity index (χ2n) is 5.66. The molecule has 0 aliphatic rings. The van der Waals surface area contributed by atoms with Gasteiger partial charge in [-0.2, -0.15) is 18.3 Å². The Morgan fingerprint density at radius 2 is 1.92 bits per heavy atom. The fraction of sp³-hybridized carbons (Fsp3) is 0.222. The minimum absolute atomic E-state index is 0.144. The molecule has 0 fully saturated rings. The highest BCUT2D eigenvalue weighted by atomic mass is 19.4. The fourth-order valence-corrected chi connectivity index (χ4v) is 2.52. The van der Waals surface area contributed by atoms with Gasteiger partial charge in [-0.3, -0.25) is 9.48 Å². The number of carbonyl (C=O) groups excluding carboxylic acids is 1. The van der Waals surface area contributed by atoms with Crippen LogP contribution in [0.4, 0.5) is 18.9 Å². The number of alkyl halides is 3. The summed E-state index contributed by atoms with van der Waals surface area (Å²) in [5, 5.41) is 7.86. The first-order chi connectivity index (χ1) is 12.4. The van der Waals surface area contributed by atoms with Gasteiger partial charge in [0.15, 0.2) is 0 Å². The van der Waals surface area contributed by atoms with E-state index in [2.05, 4.69) is 10.4 Å². The highest BCUT2D eigenvalue weighted by Gasteiger charge is 2.30. The van der Waals surface area contributed by atoms with E-state index in [1.54, 1.807) is 30.1 Å². The van der Waals surface area contributed by atoms with Gasteiger partial charge in [0, 0.05) is 23.7 Å². The first-order valence-corrected chi connectivity index (χ1v) is 7.81. The fourth-order valence-electron chi connectivity index (χ4n) is 2.52. The van der Waals surface area contributed by atoms with Gasteiger partial charge in [0.2, 0.25) is 0 Å². The van der Waals surface area contributed by atoms with Crippen molar-refractivity contribution in [1.82, 2.24) is 9.78 Å². The van der Waals surface area contributed by atoms with E-state index in [4.69, 9.17) is 4.74 Å². The smallest absolute Gasteiger partial charge is 0.383 e. The van der Waals surface area contributed by atoms with Crippen molar-refractivity contribution in [3.63, 3.8) is 0 Å². The van der Waals surface area contributed by atoms with Gasteiger partial charge < -0.3 is 10.1 Å². The number of carbonyl (C=O) groups is 1. The minimum Gasteiger partial charge on any atom is -0.383 e. The highest BCUT2D eigenvalue weighted by molar-refractivity contribution is 6.05. The summed E-state index contributed by atoms with van der Waals surface area (Å²) in [6, 6.07) is 9.37. The molecule has 1 amide bonds. The molecule has 0 unspecified atom stereocenters. The molecule has 1 N–H and O–H groups in total. The lowest BCUT2D eigenvalue weighted by Crippen LogP contribution is -2.13. The third-order valence-corrected chi connectivity index (χ3v) is 3.88. The van der Waals surface area contributed by atoms with E-state index < -0.39 is 17.6 Å². The van der Waals surface area contributed by atoms with Crippen LogP contribution in [0.5, 0.6) is 0 Å². The maximum Gasteiger partial charge on any atom is 0.416 e. The van der Waals surface area contributed by atoms with E-state index >= 15 is 0 Å². The van der Waals surface area contributed by atoms with Gasteiger partial charge in [-0.1, -0.05) is 0 Å². The van der Waals surface area contributed by atoms with Crippen molar-refractivity contribution >= 4 is 22.5 Å². The zero-order valence-corrected chi connectivity index (χ0v) is 13.9. The Kier molecular flexibility index (Phi) is 4.94. The summed E-state index contributed by atoms with van der Waals surface area (Å²) in [5.41, 5.74) is 0.706. The van der Waals surface area contributed by atoms with Crippen molar-refractivity contribution in [2.24, 2.45) is 0 Å². The summed E-state index contributed by atoms with van der Waals surface area (Å²) < 4.78 is 44.6. The van der Waals surface area contributed by atoms with Gasteiger partial charge >= 0.3 is 6.18 Å². The van der Waals surface area contributed by atoms with Gasteiger partial charge in [0.25, 0.3) is 5.91 Å². The number of halogens is 3. The number of benzene rings is 2. The molecular weight excluding hydrogens is 347 g/mol. The van der Waals surface area contributed by atoms with E-state index in [1.165, 1.54) is 0 Å². The van der Waals surface area contributed by atoms with Gasteiger partial charge in [-0.05, 0) is 42.5 Å². The first kappa shape index (κ1) is 17.9. The number of nitrogens with zero attached hydrogens (tertiary/aromatic N) is 2. The molecule has 3 rings (SSSR count). The van der Waals surface area contributed by atoms with Crippen LogP contribution in [0, 0.1) is 0 Å². The summed E-state index contributed by atoms with van der Waals surface area (Å²) >= 11 is 0. The number of amides is 1. The number of fused-ring (bicyclic) bond motifs is 1. The number of anilines is 1. The quantitative estimate of drug-likeness (QED) is 0.747. The van der Waals surface area contributed by atoms with Crippen molar-refractivity contribution < 1.29 is 22.7 Å². The van der Waals surface area contributed by atoms with E-state index in [0.29, 0.717) is 18.8 Å². The molecule has 2 aromatic carbocycles. The zero-order valence-electron chi connectivity index (χ0n) is 13.9. The molecule has 8 heteroatoms. The third-order valence-electron chi connectivity index (χ3n) is 3.88. The molecule has 0 aliphatic carbocycles. The summed E-state index contributed by atoms with van der Waals surface area (Å²) in [4.78, 5) is 12.3. The number of methoxy groups -OCH3 is 1. The molecule has 0 bridgehead atoms. The first-order valence-electron chi connectivity index (χ1n) is 7.81. The maximum atomic E-state index is 12.6. The van der Waals surface area contributed by atoms with Crippen LogP contribution in [0.25, 0.3) is 10.9 Å². The third kappa shape index (κ3) is 3.85. The second kappa shape index (κ2) is 7.17. The van der Waals surface area contributed by atoms with Gasteiger partial charge in [-0.15, -0.1) is 0 Å². The van der Waals surface area contributed by atoms with Gasteiger partial charge in [0.1, 0.15) is 0 Å². The van der Waals surface area contributed by atoms with E-state index in [-0.39, 0.29) is 5.56 Å². The number of nitrogens with one attached hydrogen (secondary N) is 1. The number of rotatable bonds is 5. The van der Waals surface area contributed by atoms with E-state index in [0.717, 1.165) is 35.2 Å². The van der Waals surface area contributed by atoms with E-state index in [1.807, 2.05) is 6.07 Å². The topological polar surface area (TPSA) is 56.1 Å². The van der Waals surface area contributed by atoms with Crippen LogP contribution in [0.3, 0.4) is 0 Å². The monoisotopic (exact) mass is 363 g/mol. The Morgan fingerprint density at radius 1 is 1.19 bits per heavy atom. The molecule has 1 aromatic heterocycles. The second-order valence-corrected chi connectivity index (χ2v) is 5.66. The largest absolute Gasteiger partial charge is 0.416 e. The van der Waals surface area contributed by atoms with E-state index in [9.17, 15) is 18.0 Å². The molecule has 0 aliphatic heterocycles. The van der Waals surface area contributed by atoms with Crippen LogP contribution in [-0.4, -0.2) is 29.4 Å². The zero-order chi connectivity index (χ0) is 18.7. The van der Waals surface area contributed by atoms with Crippen LogP contribution in [-0.2, 0) is 17.5 Å². The molecule has 0 saturated heterocycles. The molecule has 1 heterocycles. The molecule has 0 spiro atoms. The summed E-state index contributed by atoms with van der Waals surface area (Å²) in [6.45, 7) is 1.06.